The fourth-order valence-corrected chi connectivity index (χ4v) is 3.25. The number of rotatable bonds is 3. The molecule has 0 aliphatic carbocycles. The summed E-state index contributed by atoms with van der Waals surface area (Å²) >= 11 is 18.7. The molecule has 2 aromatic carbocycles. The SMILES string of the molecule is OC1CNN(c2cc(Cl)c(Cc3ccc(Cl)cc3)c(Cl)c2)C(O)N1. The monoisotopic (exact) mass is 387 g/mol. The Morgan fingerprint density at radius 2 is 1.67 bits per heavy atom. The van der Waals surface area contributed by atoms with E-state index in [0.29, 0.717) is 27.2 Å². The summed E-state index contributed by atoms with van der Waals surface area (Å²) in [6.07, 6.45) is -1.35. The lowest BCUT2D eigenvalue weighted by molar-refractivity contribution is 0.00611. The lowest BCUT2D eigenvalue weighted by Gasteiger charge is -2.37. The third-order valence-corrected chi connectivity index (χ3v) is 4.67. The highest BCUT2D eigenvalue weighted by Crippen LogP contribution is 2.33. The van der Waals surface area contributed by atoms with E-state index in [2.05, 4.69) is 10.7 Å². The van der Waals surface area contributed by atoms with Crippen molar-refractivity contribution in [2.24, 2.45) is 0 Å². The molecule has 0 saturated carbocycles. The van der Waals surface area contributed by atoms with Gasteiger partial charge in [-0.05, 0) is 35.4 Å². The smallest absolute Gasteiger partial charge is 0.199 e. The molecule has 3 rings (SSSR count). The summed E-state index contributed by atoms with van der Waals surface area (Å²) in [7, 11) is 0. The van der Waals surface area contributed by atoms with Gasteiger partial charge in [0.25, 0.3) is 0 Å². The average molecular weight is 389 g/mol. The van der Waals surface area contributed by atoms with Crippen molar-refractivity contribution in [1.82, 2.24) is 10.7 Å². The number of hydrogen-bond donors (Lipinski definition) is 4. The molecule has 1 aliphatic rings. The van der Waals surface area contributed by atoms with Gasteiger partial charge in [0.1, 0.15) is 6.23 Å². The number of nitrogens with one attached hydrogen (secondary N) is 2. The van der Waals surface area contributed by atoms with Crippen molar-refractivity contribution in [3.05, 3.63) is 62.6 Å². The maximum Gasteiger partial charge on any atom is 0.199 e. The van der Waals surface area contributed by atoms with Crippen molar-refractivity contribution in [2.75, 3.05) is 11.6 Å². The molecule has 2 atom stereocenters. The predicted octanol–water partition coefficient (Wildman–Crippen LogP) is 2.75. The lowest BCUT2D eigenvalue weighted by Crippen LogP contribution is -2.64. The second-order valence-electron chi connectivity index (χ2n) is 5.48. The Labute approximate surface area is 154 Å². The van der Waals surface area contributed by atoms with Crippen LogP contribution in [0.1, 0.15) is 11.1 Å². The quantitative estimate of drug-likeness (QED) is 0.651. The Hall–Kier alpha value is -1.05. The largest absolute Gasteiger partial charge is 0.377 e. The Balaban J connectivity index is 1.84. The number of β-amino-alcohol motifs (C(OH)–C–C–N with tert-alkyl or cyclic N) is 1. The molecule has 128 valence electrons. The zero-order valence-electron chi connectivity index (χ0n) is 12.5. The van der Waals surface area contributed by atoms with Crippen LogP contribution in [0.4, 0.5) is 5.69 Å². The van der Waals surface area contributed by atoms with E-state index in [-0.39, 0.29) is 6.54 Å². The molecule has 1 saturated heterocycles. The van der Waals surface area contributed by atoms with Gasteiger partial charge >= 0.3 is 0 Å². The minimum atomic E-state index is -1.09. The minimum absolute atomic E-state index is 0.249. The summed E-state index contributed by atoms with van der Waals surface area (Å²) < 4.78 is 0. The van der Waals surface area contributed by atoms with Crippen molar-refractivity contribution >= 4 is 40.5 Å². The van der Waals surface area contributed by atoms with E-state index in [4.69, 9.17) is 34.8 Å². The molecule has 24 heavy (non-hydrogen) atoms. The molecule has 2 aromatic rings. The number of nitrogens with zero attached hydrogens (tertiary/aromatic N) is 1. The first kappa shape index (κ1) is 17.8. The molecule has 0 amide bonds. The lowest BCUT2D eigenvalue weighted by atomic mass is 10.0. The number of benzene rings is 2. The molecule has 1 aliphatic heterocycles. The fourth-order valence-electron chi connectivity index (χ4n) is 2.51. The zero-order chi connectivity index (χ0) is 17.3. The van der Waals surface area contributed by atoms with Gasteiger partial charge < -0.3 is 10.2 Å². The predicted molar refractivity (Wildman–Crippen MR) is 96.4 cm³/mol. The van der Waals surface area contributed by atoms with Gasteiger partial charge in [-0.25, -0.2) is 10.7 Å². The average Bonchev–Trinajstić information content (AvgIpc) is 2.52. The topological polar surface area (TPSA) is 67.8 Å². The van der Waals surface area contributed by atoms with E-state index < -0.39 is 12.6 Å². The van der Waals surface area contributed by atoms with Gasteiger partial charge in [0.2, 0.25) is 0 Å². The van der Waals surface area contributed by atoms with Gasteiger partial charge in [-0.2, -0.15) is 0 Å². The van der Waals surface area contributed by atoms with Gasteiger partial charge in [-0.15, -0.1) is 0 Å². The number of hydrogen-bond acceptors (Lipinski definition) is 5. The van der Waals surface area contributed by atoms with Gasteiger partial charge in [0.05, 0.1) is 12.2 Å². The molecule has 1 fully saturated rings. The van der Waals surface area contributed by atoms with Crippen molar-refractivity contribution in [3.63, 3.8) is 0 Å². The zero-order valence-corrected chi connectivity index (χ0v) is 14.8. The van der Waals surface area contributed by atoms with Crippen LogP contribution in [0.2, 0.25) is 15.1 Å². The first-order valence-corrected chi connectivity index (χ1v) is 8.44. The number of anilines is 1. The molecule has 5 nitrogen and oxygen atoms in total. The summed E-state index contributed by atoms with van der Waals surface area (Å²) in [5.74, 6) is 0. The first-order valence-electron chi connectivity index (χ1n) is 7.31. The molecular formula is C16H16Cl3N3O2. The Morgan fingerprint density at radius 3 is 2.25 bits per heavy atom. The molecule has 0 radical (unpaired) electrons. The van der Waals surface area contributed by atoms with Crippen molar-refractivity contribution in [3.8, 4) is 0 Å². The highest BCUT2D eigenvalue weighted by atomic mass is 35.5. The van der Waals surface area contributed by atoms with E-state index in [9.17, 15) is 10.2 Å². The maximum absolute atomic E-state index is 10.00. The van der Waals surface area contributed by atoms with E-state index in [1.807, 2.05) is 24.3 Å². The van der Waals surface area contributed by atoms with Crippen LogP contribution in [0, 0.1) is 0 Å². The van der Waals surface area contributed by atoms with Crippen LogP contribution in [0.3, 0.4) is 0 Å². The van der Waals surface area contributed by atoms with Crippen LogP contribution in [0.5, 0.6) is 0 Å². The molecule has 0 bridgehead atoms. The van der Waals surface area contributed by atoms with Crippen LogP contribution >= 0.6 is 34.8 Å². The summed E-state index contributed by atoms with van der Waals surface area (Å²) in [4.78, 5) is 0. The Bertz CT molecular complexity index is 704. The van der Waals surface area contributed by atoms with E-state index in [0.717, 1.165) is 11.1 Å². The third kappa shape index (κ3) is 3.95. The normalized spacial score (nSPS) is 21.1. The molecule has 0 spiro atoms. The number of hydrazine groups is 1. The van der Waals surface area contributed by atoms with Crippen LogP contribution in [-0.4, -0.2) is 29.3 Å². The van der Waals surface area contributed by atoms with E-state index >= 15 is 0 Å². The fraction of sp³-hybridized carbons (Fsp3) is 0.250. The highest BCUT2D eigenvalue weighted by molar-refractivity contribution is 6.36. The summed E-state index contributed by atoms with van der Waals surface area (Å²) in [6.45, 7) is 0.249. The first-order chi connectivity index (χ1) is 11.4. The van der Waals surface area contributed by atoms with Crippen LogP contribution in [0.25, 0.3) is 0 Å². The molecule has 8 heteroatoms. The van der Waals surface area contributed by atoms with Crippen molar-refractivity contribution in [2.45, 2.75) is 19.0 Å². The standard InChI is InChI=1S/C16H16Cl3N3O2/c17-10-3-1-9(2-4-10)5-12-13(18)6-11(7-14(12)19)22-16(24)21-15(23)8-20-22/h1-4,6-7,15-16,20-21,23-24H,5,8H2. The van der Waals surface area contributed by atoms with Crippen molar-refractivity contribution in [1.29, 1.82) is 0 Å². The van der Waals surface area contributed by atoms with Gasteiger partial charge in [-0.3, -0.25) is 5.01 Å². The van der Waals surface area contributed by atoms with Crippen LogP contribution in [0.15, 0.2) is 36.4 Å². The Morgan fingerprint density at radius 1 is 1.04 bits per heavy atom. The van der Waals surface area contributed by atoms with Gasteiger partial charge in [0, 0.05) is 21.5 Å². The Kier molecular flexibility index (Phi) is 5.52. The maximum atomic E-state index is 10.00. The molecule has 2 unspecified atom stereocenters. The number of aliphatic hydroxyl groups is 2. The molecule has 4 N–H and O–H groups in total. The summed E-state index contributed by atoms with van der Waals surface area (Å²) in [5, 5.41) is 25.2. The van der Waals surface area contributed by atoms with Gasteiger partial charge in [0.15, 0.2) is 6.35 Å². The van der Waals surface area contributed by atoms with Crippen LogP contribution < -0.4 is 15.8 Å². The second-order valence-corrected chi connectivity index (χ2v) is 6.73. The third-order valence-electron chi connectivity index (χ3n) is 3.74. The molecular weight excluding hydrogens is 373 g/mol. The highest BCUT2D eigenvalue weighted by Gasteiger charge is 2.25. The second kappa shape index (κ2) is 7.45. The minimum Gasteiger partial charge on any atom is -0.377 e. The molecule has 1 heterocycles. The van der Waals surface area contributed by atoms with Crippen LogP contribution in [-0.2, 0) is 6.42 Å². The number of aliphatic hydroxyl groups excluding tert-OH is 2. The van der Waals surface area contributed by atoms with E-state index in [1.165, 1.54) is 5.01 Å². The summed E-state index contributed by atoms with van der Waals surface area (Å²) in [6, 6.07) is 10.9. The molecule has 0 aromatic heterocycles. The van der Waals surface area contributed by atoms with E-state index in [1.54, 1.807) is 12.1 Å². The summed E-state index contributed by atoms with van der Waals surface area (Å²) in [5.41, 5.74) is 5.33. The van der Waals surface area contributed by atoms with Gasteiger partial charge in [-0.1, -0.05) is 46.9 Å². The number of halogens is 3. The van der Waals surface area contributed by atoms with Crippen molar-refractivity contribution < 1.29 is 10.2 Å².